The molecule has 0 saturated heterocycles. The Hall–Kier alpha value is -2.88. The first kappa shape index (κ1) is 21.4. The summed E-state index contributed by atoms with van der Waals surface area (Å²) in [5.74, 6) is -0.424. The van der Waals surface area contributed by atoms with Gasteiger partial charge in [0.15, 0.2) is 0 Å². The van der Waals surface area contributed by atoms with E-state index in [1.54, 1.807) is 30.3 Å². The number of sulfonamides is 1. The zero-order chi connectivity index (χ0) is 22.0. The van der Waals surface area contributed by atoms with Gasteiger partial charge >= 0.3 is 0 Å². The summed E-state index contributed by atoms with van der Waals surface area (Å²) >= 11 is 0. The molecular weight excluding hydrogens is 419 g/mol. The molecule has 31 heavy (non-hydrogen) atoms. The van der Waals surface area contributed by atoms with Gasteiger partial charge in [-0.25, -0.2) is 27.5 Å². The van der Waals surface area contributed by atoms with Crippen molar-refractivity contribution < 1.29 is 17.9 Å². The number of nitrogens with two attached hydrogens (primary N) is 1. The smallest absolute Gasteiger partial charge is 0.241 e. The zero-order valence-electron chi connectivity index (χ0n) is 16.7. The van der Waals surface area contributed by atoms with Gasteiger partial charge in [0.1, 0.15) is 5.82 Å². The summed E-state index contributed by atoms with van der Waals surface area (Å²) in [5.41, 5.74) is 7.10. The second kappa shape index (κ2) is 8.70. The first-order valence-electron chi connectivity index (χ1n) is 10.0. The van der Waals surface area contributed by atoms with Crippen molar-refractivity contribution in [1.29, 1.82) is 0 Å². The number of hydrogen-bond acceptors (Lipinski definition) is 6. The molecule has 4 rings (SSSR count). The Balaban J connectivity index is 1.65. The molecule has 1 heterocycles. The van der Waals surface area contributed by atoms with Crippen molar-refractivity contribution in [3.8, 4) is 22.3 Å². The molecule has 4 N–H and O–H groups in total. The standard InChI is InChI=1S/C22H23FN4O3S/c23-20-11-14(5-10-18(20)15-12-25-22(24)26-13-15)19-3-1-2-4-21(19)31(29,30)27-16-6-8-17(28)9-7-16/h1-5,10-13,16-17,27-28H,6-9H2,(H2,24,25,26)/t16-,17-. The molecule has 0 aliphatic heterocycles. The summed E-state index contributed by atoms with van der Waals surface area (Å²) in [6.07, 6.45) is 4.78. The quantitative estimate of drug-likeness (QED) is 0.559. The normalized spacial score (nSPS) is 19.3. The van der Waals surface area contributed by atoms with Crippen LogP contribution in [0.2, 0.25) is 0 Å². The molecule has 9 heteroatoms. The van der Waals surface area contributed by atoms with E-state index in [0.29, 0.717) is 47.9 Å². The van der Waals surface area contributed by atoms with E-state index in [-0.39, 0.29) is 23.0 Å². The Bertz CT molecular complexity index is 1180. The lowest BCUT2D eigenvalue weighted by atomic mass is 9.94. The fourth-order valence-electron chi connectivity index (χ4n) is 3.81. The topological polar surface area (TPSA) is 118 Å². The number of anilines is 1. The fraction of sp³-hybridized carbons (Fsp3) is 0.273. The molecule has 0 radical (unpaired) electrons. The number of nitrogens with one attached hydrogen (secondary N) is 1. The molecule has 0 amide bonds. The maximum absolute atomic E-state index is 14.9. The number of halogens is 1. The van der Waals surface area contributed by atoms with Gasteiger partial charge in [0, 0.05) is 35.1 Å². The zero-order valence-corrected chi connectivity index (χ0v) is 17.5. The minimum Gasteiger partial charge on any atom is -0.393 e. The number of hydrogen-bond donors (Lipinski definition) is 3. The van der Waals surface area contributed by atoms with Crippen LogP contribution in [-0.4, -0.2) is 35.6 Å². The highest BCUT2D eigenvalue weighted by atomic mass is 32.2. The second-order valence-corrected chi connectivity index (χ2v) is 9.33. The second-order valence-electron chi connectivity index (χ2n) is 7.65. The third kappa shape index (κ3) is 4.73. The van der Waals surface area contributed by atoms with Crippen LogP contribution in [0.25, 0.3) is 22.3 Å². The van der Waals surface area contributed by atoms with Gasteiger partial charge in [-0.05, 0) is 43.4 Å². The molecule has 1 fully saturated rings. The molecule has 0 unspecified atom stereocenters. The van der Waals surface area contributed by atoms with Gasteiger partial charge in [-0.1, -0.05) is 30.3 Å². The lowest BCUT2D eigenvalue weighted by molar-refractivity contribution is 0.120. The van der Waals surface area contributed by atoms with E-state index < -0.39 is 15.8 Å². The van der Waals surface area contributed by atoms with Crippen molar-refractivity contribution in [3.05, 3.63) is 60.7 Å². The van der Waals surface area contributed by atoms with Crippen LogP contribution >= 0.6 is 0 Å². The third-order valence-corrected chi connectivity index (χ3v) is 7.04. The van der Waals surface area contributed by atoms with Crippen molar-refractivity contribution in [2.75, 3.05) is 5.73 Å². The monoisotopic (exact) mass is 442 g/mol. The molecule has 162 valence electrons. The lowest BCUT2D eigenvalue weighted by Crippen LogP contribution is -2.38. The Kier molecular flexibility index (Phi) is 5.99. The summed E-state index contributed by atoms with van der Waals surface area (Å²) < 4.78 is 43.8. The summed E-state index contributed by atoms with van der Waals surface area (Å²) in [6, 6.07) is 10.8. The van der Waals surface area contributed by atoms with Crippen molar-refractivity contribution in [3.63, 3.8) is 0 Å². The van der Waals surface area contributed by atoms with Gasteiger partial charge in [0.05, 0.1) is 11.0 Å². The van der Waals surface area contributed by atoms with E-state index in [2.05, 4.69) is 14.7 Å². The minimum atomic E-state index is -3.82. The molecule has 0 bridgehead atoms. The summed E-state index contributed by atoms with van der Waals surface area (Å²) in [5, 5.41) is 9.65. The highest BCUT2D eigenvalue weighted by Crippen LogP contribution is 2.32. The largest absolute Gasteiger partial charge is 0.393 e. The summed E-state index contributed by atoms with van der Waals surface area (Å²) in [6.45, 7) is 0. The van der Waals surface area contributed by atoms with Crippen LogP contribution in [0.15, 0.2) is 59.8 Å². The third-order valence-electron chi connectivity index (χ3n) is 5.46. The Morgan fingerprint density at radius 2 is 1.65 bits per heavy atom. The Labute approximate surface area is 180 Å². The van der Waals surface area contributed by atoms with E-state index in [1.165, 1.54) is 24.5 Å². The van der Waals surface area contributed by atoms with E-state index in [9.17, 15) is 17.9 Å². The van der Waals surface area contributed by atoms with Gasteiger partial charge < -0.3 is 10.8 Å². The van der Waals surface area contributed by atoms with Gasteiger partial charge in [0.2, 0.25) is 16.0 Å². The molecule has 0 atom stereocenters. The maximum atomic E-state index is 14.9. The van der Waals surface area contributed by atoms with Gasteiger partial charge in [-0.3, -0.25) is 0 Å². The highest BCUT2D eigenvalue weighted by Gasteiger charge is 2.26. The number of aliphatic hydroxyl groups is 1. The number of nitrogens with zero attached hydrogens (tertiary/aromatic N) is 2. The molecule has 7 nitrogen and oxygen atoms in total. The van der Waals surface area contributed by atoms with Crippen molar-refractivity contribution in [2.45, 2.75) is 42.7 Å². The lowest BCUT2D eigenvalue weighted by Gasteiger charge is -2.26. The molecule has 3 aromatic rings. The van der Waals surface area contributed by atoms with Crippen LogP contribution in [0.5, 0.6) is 0 Å². The molecule has 1 aliphatic rings. The van der Waals surface area contributed by atoms with Crippen LogP contribution in [0.1, 0.15) is 25.7 Å². The van der Waals surface area contributed by atoms with Crippen LogP contribution in [0.3, 0.4) is 0 Å². The summed E-state index contributed by atoms with van der Waals surface area (Å²) in [7, 11) is -3.82. The number of nitrogen functional groups attached to an aromatic ring is 1. The van der Waals surface area contributed by atoms with Gasteiger partial charge in [-0.15, -0.1) is 0 Å². The molecule has 1 saturated carbocycles. The predicted molar refractivity (Wildman–Crippen MR) is 116 cm³/mol. The van der Waals surface area contributed by atoms with E-state index >= 15 is 0 Å². The van der Waals surface area contributed by atoms with Gasteiger partial charge in [-0.2, -0.15) is 0 Å². The number of rotatable bonds is 5. The average Bonchev–Trinajstić information content (AvgIpc) is 2.76. The molecule has 1 aliphatic carbocycles. The van der Waals surface area contributed by atoms with Crippen molar-refractivity contribution in [1.82, 2.24) is 14.7 Å². The fourth-order valence-corrected chi connectivity index (χ4v) is 5.34. The van der Waals surface area contributed by atoms with Crippen LogP contribution in [-0.2, 0) is 10.0 Å². The molecule has 2 aromatic carbocycles. The van der Waals surface area contributed by atoms with E-state index in [4.69, 9.17) is 5.73 Å². The van der Waals surface area contributed by atoms with Crippen molar-refractivity contribution >= 4 is 16.0 Å². The van der Waals surface area contributed by atoms with Gasteiger partial charge in [0.25, 0.3) is 0 Å². The molecular formula is C22H23FN4O3S. The van der Waals surface area contributed by atoms with E-state index in [1.807, 2.05) is 0 Å². The highest BCUT2D eigenvalue weighted by molar-refractivity contribution is 7.89. The average molecular weight is 443 g/mol. The minimum absolute atomic E-state index is 0.0871. The number of aromatic nitrogens is 2. The number of aliphatic hydroxyl groups excluding tert-OH is 1. The first-order chi connectivity index (χ1) is 14.8. The van der Waals surface area contributed by atoms with Crippen LogP contribution in [0, 0.1) is 5.82 Å². The molecule has 1 aromatic heterocycles. The van der Waals surface area contributed by atoms with Crippen molar-refractivity contribution in [2.24, 2.45) is 0 Å². The van der Waals surface area contributed by atoms with Crippen LogP contribution < -0.4 is 10.5 Å². The van der Waals surface area contributed by atoms with E-state index in [0.717, 1.165) is 0 Å². The molecule has 0 spiro atoms. The first-order valence-corrected chi connectivity index (χ1v) is 11.5. The van der Waals surface area contributed by atoms with Crippen LogP contribution in [0.4, 0.5) is 10.3 Å². The Morgan fingerprint density at radius 3 is 2.32 bits per heavy atom. The Morgan fingerprint density at radius 1 is 0.968 bits per heavy atom. The SMILES string of the molecule is Nc1ncc(-c2ccc(-c3ccccc3S(=O)(=O)N[C@H]3CC[C@H](O)CC3)cc2F)cn1. The summed E-state index contributed by atoms with van der Waals surface area (Å²) in [4.78, 5) is 7.85. The predicted octanol–water partition coefficient (Wildman–Crippen LogP) is 3.11. The number of benzene rings is 2. The maximum Gasteiger partial charge on any atom is 0.241 e.